The van der Waals surface area contributed by atoms with Gasteiger partial charge in [-0.1, -0.05) is 6.07 Å². The Morgan fingerprint density at radius 1 is 1.13 bits per heavy atom. The fourth-order valence-electron chi connectivity index (χ4n) is 2.77. The molecule has 0 saturated carbocycles. The number of benzene rings is 2. The first-order valence-corrected chi connectivity index (χ1v) is 10.2. The minimum absolute atomic E-state index is 0.0168. The Morgan fingerprint density at radius 2 is 1.84 bits per heavy atom. The van der Waals surface area contributed by atoms with Crippen molar-refractivity contribution in [2.45, 2.75) is 25.9 Å². The average molecular weight is 448 g/mol. The van der Waals surface area contributed by atoms with E-state index in [0.29, 0.717) is 35.4 Å². The number of nitrogens with one attached hydrogen (secondary N) is 1. The molecule has 2 rings (SSSR count). The molecule has 2 aromatic carbocycles. The number of hydrogen-bond acceptors (Lipinski definition) is 8. The van der Waals surface area contributed by atoms with E-state index in [2.05, 4.69) is 17.9 Å². The molecule has 0 spiro atoms. The fraction of sp³-hybridized carbons (Fsp3) is 0.318. The van der Waals surface area contributed by atoms with Gasteiger partial charge in [0.2, 0.25) is 0 Å². The van der Waals surface area contributed by atoms with Crippen LogP contribution in [0, 0.1) is 0 Å². The molecule has 0 radical (unpaired) electrons. The summed E-state index contributed by atoms with van der Waals surface area (Å²) in [6.45, 7) is 1.61. The van der Waals surface area contributed by atoms with Crippen molar-refractivity contribution < 1.29 is 33.7 Å². The number of hydrogen-bond donors (Lipinski definition) is 3. The van der Waals surface area contributed by atoms with Crippen LogP contribution in [-0.2, 0) is 14.3 Å². The summed E-state index contributed by atoms with van der Waals surface area (Å²) in [6.07, 6.45) is -0.633. The van der Waals surface area contributed by atoms with Gasteiger partial charge in [-0.3, -0.25) is 14.9 Å². The van der Waals surface area contributed by atoms with Crippen molar-refractivity contribution in [1.29, 1.82) is 0 Å². The molecule has 9 heteroatoms. The lowest BCUT2D eigenvalue weighted by Crippen LogP contribution is -2.18. The van der Waals surface area contributed by atoms with E-state index in [9.17, 15) is 19.5 Å². The Kier molecular flexibility index (Phi) is 9.20. The zero-order valence-electron chi connectivity index (χ0n) is 17.3. The van der Waals surface area contributed by atoms with Crippen LogP contribution in [0.2, 0.25) is 0 Å². The van der Waals surface area contributed by atoms with Crippen LogP contribution in [0.5, 0.6) is 11.5 Å². The van der Waals surface area contributed by atoms with Crippen LogP contribution in [-0.4, -0.2) is 42.4 Å². The van der Waals surface area contributed by atoms with Gasteiger partial charge in [-0.05, 0) is 61.7 Å². The highest BCUT2D eigenvalue weighted by molar-refractivity contribution is 7.81. The van der Waals surface area contributed by atoms with E-state index < -0.39 is 18.2 Å². The van der Waals surface area contributed by atoms with Crippen LogP contribution in [0.4, 0.5) is 10.5 Å². The highest BCUT2D eigenvalue weighted by Gasteiger charge is 2.19. The third-order valence-corrected chi connectivity index (χ3v) is 4.62. The minimum Gasteiger partial charge on any atom is -0.504 e. The van der Waals surface area contributed by atoms with Gasteiger partial charge in [-0.15, -0.1) is 0 Å². The highest BCUT2D eigenvalue weighted by atomic mass is 32.1. The first-order valence-electron chi connectivity index (χ1n) is 9.56. The first kappa shape index (κ1) is 24.1. The summed E-state index contributed by atoms with van der Waals surface area (Å²) >= 11 is 3.85. The molecule has 0 unspecified atom stereocenters. The summed E-state index contributed by atoms with van der Waals surface area (Å²) in [4.78, 5) is 35.0. The molecule has 0 bridgehead atoms. The third kappa shape index (κ3) is 7.53. The van der Waals surface area contributed by atoms with Gasteiger partial charge in [0.15, 0.2) is 17.3 Å². The first-order chi connectivity index (χ1) is 14.8. The van der Waals surface area contributed by atoms with Gasteiger partial charge in [-0.25, -0.2) is 4.79 Å². The lowest BCUT2D eigenvalue weighted by Gasteiger charge is -2.19. The van der Waals surface area contributed by atoms with E-state index in [-0.39, 0.29) is 23.9 Å². The van der Waals surface area contributed by atoms with Crippen LogP contribution >= 0.6 is 12.6 Å². The molecule has 1 atom stereocenters. The number of thiol groups is 1. The molecular weight excluding hydrogens is 422 g/mol. The van der Waals surface area contributed by atoms with E-state index in [4.69, 9.17) is 14.2 Å². The number of anilines is 1. The van der Waals surface area contributed by atoms with Gasteiger partial charge in [0.1, 0.15) is 6.10 Å². The van der Waals surface area contributed by atoms with E-state index in [1.54, 1.807) is 36.4 Å². The molecule has 0 aromatic heterocycles. The Balaban J connectivity index is 2.07. The summed E-state index contributed by atoms with van der Waals surface area (Å²) in [5, 5.41) is 12.7. The van der Waals surface area contributed by atoms with E-state index in [0.717, 1.165) is 0 Å². The Bertz CT molecular complexity index is 915. The quantitative estimate of drug-likeness (QED) is 0.217. The largest absolute Gasteiger partial charge is 0.504 e. The monoisotopic (exact) mass is 447 g/mol. The van der Waals surface area contributed by atoms with Gasteiger partial charge >= 0.3 is 12.1 Å². The van der Waals surface area contributed by atoms with Gasteiger partial charge in [0.05, 0.1) is 19.5 Å². The minimum atomic E-state index is -0.706. The number of ketones is 1. The molecule has 0 heterocycles. The number of esters is 1. The molecule has 0 saturated heterocycles. The Morgan fingerprint density at radius 3 is 2.42 bits per heavy atom. The summed E-state index contributed by atoms with van der Waals surface area (Å²) in [6, 6.07) is 11.1. The van der Waals surface area contributed by atoms with Gasteiger partial charge < -0.3 is 19.3 Å². The highest BCUT2D eigenvalue weighted by Crippen LogP contribution is 2.32. The topological polar surface area (TPSA) is 111 Å². The number of carbonyl (C=O) groups is 3. The smallest absolute Gasteiger partial charge is 0.412 e. The maximum atomic E-state index is 12.4. The number of aromatic hydroxyl groups is 1. The molecule has 166 valence electrons. The summed E-state index contributed by atoms with van der Waals surface area (Å²) in [7, 11) is 1.43. The molecule has 1 amide bonds. The van der Waals surface area contributed by atoms with Crippen LogP contribution < -0.4 is 10.1 Å². The number of phenols is 1. The molecule has 31 heavy (non-hydrogen) atoms. The van der Waals surface area contributed by atoms with E-state index in [1.807, 2.05) is 0 Å². The van der Waals surface area contributed by atoms with Crippen molar-refractivity contribution in [3.05, 3.63) is 53.6 Å². The predicted octanol–water partition coefficient (Wildman–Crippen LogP) is 4.15. The molecule has 2 aromatic rings. The predicted molar refractivity (Wildman–Crippen MR) is 118 cm³/mol. The molecule has 0 aliphatic carbocycles. The van der Waals surface area contributed by atoms with Crippen molar-refractivity contribution in [3.63, 3.8) is 0 Å². The number of rotatable bonds is 10. The van der Waals surface area contributed by atoms with Crippen molar-refractivity contribution in [1.82, 2.24) is 0 Å². The van der Waals surface area contributed by atoms with Gasteiger partial charge in [0.25, 0.3) is 0 Å². The zero-order chi connectivity index (χ0) is 22.8. The van der Waals surface area contributed by atoms with E-state index in [1.165, 1.54) is 20.1 Å². The van der Waals surface area contributed by atoms with Crippen molar-refractivity contribution in [2.75, 3.05) is 24.8 Å². The second kappa shape index (κ2) is 11.8. The fourth-order valence-corrected chi connectivity index (χ4v) is 2.86. The maximum Gasteiger partial charge on any atom is 0.412 e. The second-order valence-corrected chi connectivity index (χ2v) is 6.92. The molecule has 8 nitrogen and oxygen atoms in total. The van der Waals surface area contributed by atoms with Crippen molar-refractivity contribution in [2.24, 2.45) is 0 Å². The van der Waals surface area contributed by atoms with E-state index >= 15 is 0 Å². The van der Waals surface area contributed by atoms with Gasteiger partial charge in [-0.2, -0.15) is 12.6 Å². The lowest BCUT2D eigenvalue weighted by molar-refractivity contribution is -0.140. The third-order valence-electron chi connectivity index (χ3n) is 4.36. The number of methoxy groups -OCH3 is 1. The molecule has 2 N–H and O–H groups in total. The Hall–Kier alpha value is -3.20. The van der Waals surface area contributed by atoms with Gasteiger partial charge in [0, 0.05) is 11.3 Å². The summed E-state index contributed by atoms with van der Waals surface area (Å²) < 4.78 is 15.6. The molecular formula is C22H25NO7S. The lowest BCUT2D eigenvalue weighted by atomic mass is 10.0. The Labute approximate surface area is 185 Å². The standard InChI is InChI=1S/C22H25NO7S/c1-14(24)15-5-8-17(9-6-15)23-22(27)30-19(4-3-11-29-21(26)13-31)16-7-10-20(28-2)18(25)12-16/h5-10,12,19,25,31H,3-4,11,13H2,1-2H3,(H,23,27)/t19-/m1/s1. The molecule has 0 fully saturated rings. The summed E-state index contributed by atoms with van der Waals surface area (Å²) in [5.41, 5.74) is 1.55. The normalized spacial score (nSPS) is 11.3. The maximum absolute atomic E-state index is 12.4. The average Bonchev–Trinajstić information content (AvgIpc) is 2.75. The SMILES string of the molecule is COc1ccc([C@@H](CCCOC(=O)CS)OC(=O)Nc2ccc(C(C)=O)cc2)cc1O. The molecule has 0 aliphatic rings. The zero-order valence-corrected chi connectivity index (χ0v) is 18.2. The van der Waals surface area contributed by atoms with Crippen LogP contribution in [0.3, 0.4) is 0 Å². The number of Topliss-reactive ketones (excluding diaryl/α,β-unsaturated/α-hetero) is 1. The number of ether oxygens (including phenoxy) is 3. The summed E-state index contributed by atoms with van der Waals surface area (Å²) in [5.74, 6) is -0.325. The van der Waals surface area contributed by atoms with Crippen LogP contribution in [0.15, 0.2) is 42.5 Å². The van der Waals surface area contributed by atoms with Crippen LogP contribution in [0.1, 0.15) is 41.8 Å². The van der Waals surface area contributed by atoms with Crippen LogP contribution in [0.25, 0.3) is 0 Å². The second-order valence-electron chi connectivity index (χ2n) is 6.60. The number of amides is 1. The molecule has 0 aliphatic heterocycles. The van der Waals surface area contributed by atoms with Crippen molar-refractivity contribution in [3.8, 4) is 11.5 Å². The number of phenolic OH excluding ortho intramolecular Hbond substituents is 1. The van der Waals surface area contributed by atoms with Crippen molar-refractivity contribution >= 4 is 36.2 Å². The number of carbonyl (C=O) groups excluding carboxylic acids is 3.